The zero-order valence-corrected chi connectivity index (χ0v) is 15.5. The molecule has 0 unspecified atom stereocenters. The second kappa shape index (κ2) is 5.89. The van der Waals surface area contributed by atoms with Crippen molar-refractivity contribution in [3.8, 4) is 17.1 Å². The molecule has 0 amide bonds. The fourth-order valence-electron chi connectivity index (χ4n) is 3.25. The second-order valence-electron chi connectivity index (χ2n) is 6.49. The molecule has 0 saturated carbocycles. The maximum atomic E-state index is 6.18. The molecule has 5 rings (SSSR count). The van der Waals surface area contributed by atoms with Crippen LogP contribution in [0.2, 0.25) is 5.02 Å². The van der Waals surface area contributed by atoms with Gasteiger partial charge in [0, 0.05) is 10.6 Å². The average Bonchev–Trinajstić information content (AvgIpc) is 3.27. The lowest BCUT2D eigenvalue weighted by atomic mass is 10.1. The lowest BCUT2D eigenvalue weighted by molar-refractivity contribution is 0.876. The van der Waals surface area contributed by atoms with E-state index in [1.54, 1.807) is 21.7 Å². The van der Waals surface area contributed by atoms with Gasteiger partial charge in [-0.3, -0.25) is 0 Å². The van der Waals surface area contributed by atoms with Gasteiger partial charge in [0.05, 0.1) is 17.3 Å². The molecule has 0 fully saturated rings. The number of benzene rings is 2. The second-order valence-corrected chi connectivity index (χ2v) is 6.92. The Balaban J connectivity index is 1.74. The minimum Gasteiger partial charge on any atom is -0.216 e. The van der Waals surface area contributed by atoms with Gasteiger partial charge < -0.3 is 0 Å². The molecule has 0 aliphatic rings. The first kappa shape index (κ1) is 16.0. The minimum atomic E-state index is 0.657. The molecule has 7 heteroatoms. The number of hydrogen-bond acceptors (Lipinski definition) is 4. The first-order chi connectivity index (χ1) is 13.1. The largest absolute Gasteiger partial charge is 0.216 e. The number of aryl methyl sites for hydroxylation is 2. The van der Waals surface area contributed by atoms with Crippen LogP contribution in [0.5, 0.6) is 0 Å². The molecule has 27 heavy (non-hydrogen) atoms. The van der Waals surface area contributed by atoms with Crippen LogP contribution in [-0.2, 0) is 0 Å². The topological polar surface area (TPSA) is 60.9 Å². The van der Waals surface area contributed by atoms with E-state index in [2.05, 4.69) is 28.2 Å². The molecule has 0 saturated heterocycles. The van der Waals surface area contributed by atoms with Gasteiger partial charge in [-0.25, -0.2) is 19.2 Å². The van der Waals surface area contributed by atoms with Crippen molar-refractivity contribution >= 4 is 28.3 Å². The summed E-state index contributed by atoms with van der Waals surface area (Å²) >= 11 is 6.18. The molecular formula is C20H15ClN6. The van der Waals surface area contributed by atoms with Gasteiger partial charge in [0.1, 0.15) is 6.33 Å². The van der Waals surface area contributed by atoms with Gasteiger partial charge in [-0.1, -0.05) is 41.9 Å². The third-order valence-electron chi connectivity index (χ3n) is 4.69. The molecule has 0 N–H and O–H groups in total. The van der Waals surface area contributed by atoms with Gasteiger partial charge in [-0.05, 0) is 37.1 Å². The number of fused-ring (bicyclic) bond motifs is 3. The standard InChI is InChI=1S/C20H15ClN6/c1-12-5-3-4-6-15(12)18-24-20-16-10-23-27(19(16)22-11-26(20)25-18)17-9-14(21)8-7-13(17)2/h3-11H,1-2H3. The van der Waals surface area contributed by atoms with Crippen molar-refractivity contribution in [1.82, 2.24) is 29.4 Å². The zero-order chi connectivity index (χ0) is 18.5. The summed E-state index contributed by atoms with van der Waals surface area (Å²) in [6.45, 7) is 4.07. The van der Waals surface area contributed by atoms with Crippen LogP contribution in [-0.4, -0.2) is 29.4 Å². The molecule has 3 aromatic heterocycles. The van der Waals surface area contributed by atoms with Crippen LogP contribution < -0.4 is 0 Å². The molecule has 132 valence electrons. The van der Waals surface area contributed by atoms with E-state index in [1.165, 1.54) is 0 Å². The van der Waals surface area contributed by atoms with Crippen LogP contribution in [0.3, 0.4) is 0 Å². The summed E-state index contributed by atoms with van der Waals surface area (Å²) in [5, 5.41) is 10.6. The van der Waals surface area contributed by atoms with Gasteiger partial charge in [-0.15, -0.1) is 5.10 Å². The predicted molar refractivity (Wildman–Crippen MR) is 105 cm³/mol. The van der Waals surface area contributed by atoms with E-state index in [1.807, 2.05) is 43.3 Å². The summed E-state index contributed by atoms with van der Waals surface area (Å²) < 4.78 is 3.49. The van der Waals surface area contributed by atoms with Crippen molar-refractivity contribution < 1.29 is 0 Å². The molecule has 6 nitrogen and oxygen atoms in total. The Morgan fingerprint density at radius 3 is 2.67 bits per heavy atom. The molecule has 0 bridgehead atoms. The zero-order valence-electron chi connectivity index (χ0n) is 14.8. The summed E-state index contributed by atoms with van der Waals surface area (Å²) in [5.41, 5.74) is 5.54. The highest BCUT2D eigenvalue weighted by molar-refractivity contribution is 6.30. The number of halogens is 1. The van der Waals surface area contributed by atoms with Gasteiger partial charge in [0.15, 0.2) is 17.1 Å². The molecule has 0 radical (unpaired) electrons. The van der Waals surface area contributed by atoms with E-state index in [-0.39, 0.29) is 0 Å². The number of rotatable bonds is 2. The quantitative estimate of drug-likeness (QED) is 0.459. The highest BCUT2D eigenvalue weighted by Crippen LogP contribution is 2.26. The number of nitrogens with zero attached hydrogens (tertiary/aromatic N) is 6. The highest BCUT2D eigenvalue weighted by atomic mass is 35.5. The Hall–Kier alpha value is -3.25. The number of hydrogen-bond donors (Lipinski definition) is 0. The fourth-order valence-corrected chi connectivity index (χ4v) is 3.41. The molecule has 0 atom stereocenters. The molecule has 0 spiro atoms. The average molecular weight is 375 g/mol. The highest BCUT2D eigenvalue weighted by Gasteiger charge is 2.16. The SMILES string of the molecule is Cc1ccccc1-c1nc2c3cnn(-c4cc(Cl)ccc4C)c3ncn2n1. The van der Waals surface area contributed by atoms with Crippen molar-refractivity contribution in [2.45, 2.75) is 13.8 Å². The molecular weight excluding hydrogens is 360 g/mol. The van der Waals surface area contributed by atoms with Crippen molar-refractivity contribution in [1.29, 1.82) is 0 Å². The van der Waals surface area contributed by atoms with Crippen LogP contribution in [0, 0.1) is 13.8 Å². The third kappa shape index (κ3) is 2.49. The van der Waals surface area contributed by atoms with E-state index in [0.717, 1.165) is 39.1 Å². The van der Waals surface area contributed by atoms with Gasteiger partial charge >= 0.3 is 0 Å². The van der Waals surface area contributed by atoms with Crippen LogP contribution in [0.15, 0.2) is 55.0 Å². The van der Waals surface area contributed by atoms with Crippen molar-refractivity contribution in [2.24, 2.45) is 0 Å². The summed E-state index contributed by atoms with van der Waals surface area (Å²) in [7, 11) is 0. The summed E-state index contributed by atoms with van der Waals surface area (Å²) in [6.07, 6.45) is 3.44. The molecule has 0 aliphatic carbocycles. The summed E-state index contributed by atoms with van der Waals surface area (Å²) in [6, 6.07) is 13.8. The Labute approximate surface area is 160 Å². The summed E-state index contributed by atoms with van der Waals surface area (Å²) in [4.78, 5) is 9.32. The van der Waals surface area contributed by atoms with Crippen molar-refractivity contribution in [3.05, 3.63) is 71.1 Å². The lowest BCUT2D eigenvalue weighted by Gasteiger charge is -2.07. The summed E-state index contributed by atoms with van der Waals surface area (Å²) in [5.74, 6) is 0.675. The molecule has 3 heterocycles. The predicted octanol–water partition coefficient (Wildman–Crippen LogP) is 4.40. The Morgan fingerprint density at radius 1 is 0.963 bits per heavy atom. The fraction of sp³-hybridized carbons (Fsp3) is 0.100. The van der Waals surface area contributed by atoms with Crippen molar-refractivity contribution in [3.63, 3.8) is 0 Å². The van der Waals surface area contributed by atoms with Crippen LogP contribution >= 0.6 is 11.6 Å². The molecule has 2 aromatic carbocycles. The van der Waals surface area contributed by atoms with Crippen LogP contribution in [0.25, 0.3) is 33.8 Å². The maximum Gasteiger partial charge on any atom is 0.182 e. The lowest BCUT2D eigenvalue weighted by Crippen LogP contribution is -2.01. The number of aromatic nitrogens is 6. The smallest absolute Gasteiger partial charge is 0.182 e. The van der Waals surface area contributed by atoms with Gasteiger partial charge in [-0.2, -0.15) is 5.10 Å². The first-order valence-corrected chi connectivity index (χ1v) is 8.91. The van der Waals surface area contributed by atoms with Crippen molar-refractivity contribution in [2.75, 3.05) is 0 Å². The maximum absolute atomic E-state index is 6.18. The van der Waals surface area contributed by atoms with E-state index >= 15 is 0 Å². The minimum absolute atomic E-state index is 0.657. The molecule has 0 aliphatic heterocycles. The van der Waals surface area contributed by atoms with Crippen LogP contribution in [0.1, 0.15) is 11.1 Å². The monoisotopic (exact) mass is 374 g/mol. The first-order valence-electron chi connectivity index (χ1n) is 8.53. The Kier molecular flexibility index (Phi) is 3.48. The Morgan fingerprint density at radius 2 is 1.81 bits per heavy atom. The van der Waals surface area contributed by atoms with E-state index < -0.39 is 0 Å². The van der Waals surface area contributed by atoms with E-state index in [9.17, 15) is 0 Å². The van der Waals surface area contributed by atoms with Gasteiger partial charge in [0.2, 0.25) is 0 Å². The third-order valence-corrected chi connectivity index (χ3v) is 4.93. The Bertz CT molecular complexity index is 1320. The van der Waals surface area contributed by atoms with Crippen LogP contribution in [0.4, 0.5) is 0 Å². The normalized spacial score (nSPS) is 11.5. The van der Waals surface area contributed by atoms with E-state index in [4.69, 9.17) is 16.6 Å². The van der Waals surface area contributed by atoms with E-state index in [0.29, 0.717) is 10.8 Å². The van der Waals surface area contributed by atoms with Gasteiger partial charge in [0.25, 0.3) is 0 Å². The molecule has 5 aromatic rings.